The third-order valence-corrected chi connectivity index (χ3v) is 3.24. The molecular weight excluding hydrogens is 180 g/mol. The van der Waals surface area contributed by atoms with Crippen LogP contribution in [-0.2, 0) is 6.42 Å². The molecule has 1 aromatic rings. The van der Waals surface area contributed by atoms with Gasteiger partial charge in [-0.2, -0.15) is 11.3 Å². The molecule has 1 rings (SSSR count). The third-order valence-electron chi connectivity index (χ3n) is 2.51. The van der Waals surface area contributed by atoms with Gasteiger partial charge in [0.2, 0.25) is 0 Å². The second-order valence-electron chi connectivity index (χ2n) is 4.58. The summed E-state index contributed by atoms with van der Waals surface area (Å²) in [5.41, 5.74) is 1.54. The molecule has 0 aliphatic rings. The van der Waals surface area contributed by atoms with E-state index in [1.54, 1.807) is 11.3 Å². The lowest BCUT2D eigenvalue weighted by atomic mass is 9.78. The van der Waals surface area contributed by atoms with Gasteiger partial charge >= 0.3 is 0 Å². The maximum Gasteiger partial charge on any atom is 0.0467 e. The molecule has 13 heavy (non-hydrogen) atoms. The quantitative estimate of drug-likeness (QED) is 0.791. The lowest BCUT2D eigenvalue weighted by Crippen LogP contribution is -2.25. The van der Waals surface area contributed by atoms with Gasteiger partial charge in [-0.25, -0.2) is 0 Å². The average molecular weight is 198 g/mol. The molecule has 74 valence electrons. The van der Waals surface area contributed by atoms with E-state index in [1.165, 1.54) is 5.56 Å². The van der Waals surface area contributed by atoms with Crippen molar-refractivity contribution >= 4 is 11.3 Å². The van der Waals surface area contributed by atoms with Crippen LogP contribution in [0.25, 0.3) is 0 Å². The SMILES string of the molecule is CC(C)(C)C(CO)Cc1ccsc1. The third kappa shape index (κ3) is 3.12. The van der Waals surface area contributed by atoms with Gasteiger partial charge in [0, 0.05) is 6.61 Å². The molecule has 2 heteroatoms. The van der Waals surface area contributed by atoms with Crippen molar-refractivity contribution in [3.8, 4) is 0 Å². The van der Waals surface area contributed by atoms with Crippen LogP contribution in [-0.4, -0.2) is 11.7 Å². The van der Waals surface area contributed by atoms with E-state index in [0.717, 1.165) is 6.42 Å². The number of rotatable bonds is 3. The topological polar surface area (TPSA) is 20.2 Å². The number of hydrogen-bond donors (Lipinski definition) is 1. The Morgan fingerprint density at radius 1 is 1.46 bits per heavy atom. The van der Waals surface area contributed by atoms with Gasteiger partial charge in [0.05, 0.1) is 0 Å². The summed E-state index contributed by atoms with van der Waals surface area (Å²) in [6.07, 6.45) is 0.990. The van der Waals surface area contributed by atoms with Crippen molar-refractivity contribution in [2.45, 2.75) is 27.2 Å². The molecule has 0 radical (unpaired) electrons. The molecule has 1 heterocycles. The van der Waals surface area contributed by atoms with E-state index in [9.17, 15) is 5.11 Å². The zero-order valence-electron chi connectivity index (χ0n) is 8.58. The van der Waals surface area contributed by atoms with Crippen molar-refractivity contribution in [3.05, 3.63) is 22.4 Å². The molecule has 0 saturated carbocycles. The summed E-state index contributed by atoms with van der Waals surface area (Å²) in [7, 11) is 0. The first-order valence-corrected chi connectivity index (χ1v) is 5.60. The smallest absolute Gasteiger partial charge is 0.0467 e. The van der Waals surface area contributed by atoms with E-state index >= 15 is 0 Å². The molecule has 1 nitrogen and oxygen atoms in total. The lowest BCUT2D eigenvalue weighted by molar-refractivity contribution is 0.131. The van der Waals surface area contributed by atoms with E-state index in [4.69, 9.17) is 0 Å². The van der Waals surface area contributed by atoms with E-state index in [-0.39, 0.29) is 12.0 Å². The van der Waals surface area contributed by atoms with Gasteiger partial charge in [-0.3, -0.25) is 0 Å². The first kappa shape index (κ1) is 10.7. The van der Waals surface area contributed by atoms with Crippen LogP contribution < -0.4 is 0 Å². The fraction of sp³-hybridized carbons (Fsp3) is 0.636. The van der Waals surface area contributed by atoms with Crippen LogP contribution in [0, 0.1) is 11.3 Å². The Balaban J connectivity index is 2.60. The van der Waals surface area contributed by atoms with Crippen molar-refractivity contribution in [3.63, 3.8) is 0 Å². The highest BCUT2D eigenvalue weighted by atomic mass is 32.1. The van der Waals surface area contributed by atoms with Crippen molar-refractivity contribution in [2.24, 2.45) is 11.3 Å². The fourth-order valence-electron chi connectivity index (χ4n) is 1.34. The zero-order valence-corrected chi connectivity index (χ0v) is 9.40. The predicted molar refractivity (Wildman–Crippen MR) is 58.1 cm³/mol. The Hall–Kier alpha value is -0.340. The normalized spacial score (nSPS) is 14.5. The van der Waals surface area contributed by atoms with Gasteiger partial charge in [0.1, 0.15) is 0 Å². The zero-order chi connectivity index (χ0) is 9.90. The Bertz CT molecular complexity index is 233. The summed E-state index contributed by atoms with van der Waals surface area (Å²) in [6.45, 7) is 6.82. The van der Waals surface area contributed by atoms with E-state index in [1.807, 2.05) is 0 Å². The van der Waals surface area contributed by atoms with Gasteiger partial charge in [0.15, 0.2) is 0 Å². The van der Waals surface area contributed by atoms with Crippen LogP contribution in [0.15, 0.2) is 16.8 Å². The second-order valence-corrected chi connectivity index (χ2v) is 5.36. The molecule has 1 N–H and O–H groups in total. The molecule has 0 aliphatic heterocycles. The molecule has 0 saturated heterocycles. The Morgan fingerprint density at radius 3 is 2.54 bits per heavy atom. The van der Waals surface area contributed by atoms with Gasteiger partial charge in [-0.1, -0.05) is 20.8 Å². The predicted octanol–water partition coefficient (Wildman–Crippen LogP) is 2.95. The summed E-state index contributed by atoms with van der Waals surface area (Å²) in [4.78, 5) is 0. The molecule has 0 aromatic carbocycles. The Labute approximate surface area is 84.4 Å². The largest absolute Gasteiger partial charge is 0.396 e. The number of aliphatic hydroxyl groups excluding tert-OH is 1. The van der Waals surface area contributed by atoms with Gasteiger partial charge in [0.25, 0.3) is 0 Å². The highest BCUT2D eigenvalue weighted by Crippen LogP contribution is 2.29. The minimum Gasteiger partial charge on any atom is -0.396 e. The van der Waals surface area contributed by atoms with Crippen LogP contribution in [0.5, 0.6) is 0 Å². The van der Waals surface area contributed by atoms with Crippen molar-refractivity contribution in [1.82, 2.24) is 0 Å². The summed E-state index contributed by atoms with van der Waals surface area (Å²) in [5.74, 6) is 0.363. The molecule has 0 fully saturated rings. The number of hydrogen-bond acceptors (Lipinski definition) is 2. The lowest BCUT2D eigenvalue weighted by Gasteiger charge is -2.28. The number of aliphatic hydroxyl groups is 1. The standard InChI is InChI=1S/C11H18OS/c1-11(2,3)10(7-12)6-9-4-5-13-8-9/h4-5,8,10,12H,6-7H2,1-3H3. The van der Waals surface area contributed by atoms with Crippen LogP contribution in [0.2, 0.25) is 0 Å². The Morgan fingerprint density at radius 2 is 2.15 bits per heavy atom. The molecule has 1 atom stereocenters. The summed E-state index contributed by atoms with van der Waals surface area (Å²) >= 11 is 1.72. The molecule has 0 bridgehead atoms. The van der Waals surface area contributed by atoms with Gasteiger partial charge < -0.3 is 5.11 Å². The van der Waals surface area contributed by atoms with Crippen LogP contribution in [0.3, 0.4) is 0 Å². The summed E-state index contributed by atoms with van der Waals surface area (Å²) < 4.78 is 0. The average Bonchev–Trinajstić information content (AvgIpc) is 2.49. The molecule has 0 amide bonds. The van der Waals surface area contributed by atoms with E-state index < -0.39 is 0 Å². The minimum absolute atomic E-state index is 0.191. The van der Waals surface area contributed by atoms with Crippen molar-refractivity contribution in [2.75, 3.05) is 6.61 Å². The van der Waals surface area contributed by atoms with Crippen molar-refractivity contribution in [1.29, 1.82) is 0 Å². The first-order valence-electron chi connectivity index (χ1n) is 4.66. The summed E-state index contributed by atoms with van der Waals surface area (Å²) in [6, 6.07) is 2.14. The Kier molecular flexibility index (Phi) is 3.51. The maximum absolute atomic E-state index is 9.26. The van der Waals surface area contributed by atoms with E-state index in [2.05, 4.69) is 37.6 Å². The minimum atomic E-state index is 0.191. The van der Waals surface area contributed by atoms with Crippen LogP contribution >= 0.6 is 11.3 Å². The first-order chi connectivity index (χ1) is 6.04. The number of thiophene rings is 1. The van der Waals surface area contributed by atoms with Crippen LogP contribution in [0.1, 0.15) is 26.3 Å². The monoisotopic (exact) mass is 198 g/mol. The second kappa shape index (κ2) is 4.25. The maximum atomic E-state index is 9.26. The van der Waals surface area contributed by atoms with Crippen LogP contribution in [0.4, 0.5) is 0 Å². The van der Waals surface area contributed by atoms with Gasteiger partial charge in [-0.15, -0.1) is 0 Å². The van der Waals surface area contributed by atoms with Gasteiger partial charge in [-0.05, 0) is 40.1 Å². The van der Waals surface area contributed by atoms with Crippen molar-refractivity contribution < 1.29 is 5.11 Å². The highest BCUT2D eigenvalue weighted by Gasteiger charge is 2.23. The molecular formula is C11H18OS. The molecule has 0 aliphatic carbocycles. The molecule has 0 spiro atoms. The molecule has 1 unspecified atom stereocenters. The fourth-order valence-corrected chi connectivity index (χ4v) is 2.02. The molecule has 1 aromatic heterocycles. The van der Waals surface area contributed by atoms with E-state index in [0.29, 0.717) is 5.92 Å². The highest BCUT2D eigenvalue weighted by molar-refractivity contribution is 7.07. The summed E-state index contributed by atoms with van der Waals surface area (Å²) in [5, 5.41) is 13.5.